The van der Waals surface area contributed by atoms with E-state index in [-0.39, 0.29) is 115 Å². The van der Waals surface area contributed by atoms with E-state index in [1.165, 1.54) is 18.8 Å². The number of amides is 6. The molecule has 29 heteroatoms. The first kappa shape index (κ1) is 62.5. The van der Waals surface area contributed by atoms with E-state index in [0.717, 1.165) is 88.6 Å². The minimum Gasteiger partial charge on any atom is -0.341 e. The van der Waals surface area contributed by atoms with Crippen LogP contribution >= 0.6 is 0 Å². The average Bonchev–Trinajstić information content (AvgIpc) is 1.02. The van der Waals surface area contributed by atoms with Crippen LogP contribution in [0.5, 0.6) is 0 Å². The lowest BCUT2D eigenvalue weighted by Crippen LogP contribution is -2.60. The van der Waals surface area contributed by atoms with E-state index in [0.29, 0.717) is 73.3 Å². The standard InChI is InChI=1S/C21H23F4N5O2.C21H24F3N5O2.C21H24N6O2/c22-20(8-6-19(7-9-20)11-29(12-19)16(31)10-21(23,24)25)14-2-1-3-15-26-18(28-30(14)15)27-17(32)13-4-5-13;22-15(23)10-17(30)28-11-20(12-28)6-8-21(24,9-7-20)14-2-1-3-16-25-19(27-29(14)16)26-18(31)13-4-5-13;22-11-8-18(28)26-12-21(13-26)9-6-14(7-10-21)16-2-1-3-17-23-20(25-27(16)17)24-19(29)15-4-5-15/h1-3,13H,4-12H2,(H,27,28,32);1-3,13,15H,4-12H2,(H,26,27,31);1-3,14-15H,4-10,12-13H2,(H,24,25,29). The van der Waals surface area contributed by atoms with Crippen LogP contribution in [-0.4, -0.2) is 146 Å². The molecule has 22 nitrogen and oxygen atoms in total. The number of carbonyl (C=O) groups is 6. The quantitative estimate of drug-likeness (QED) is 0.0911. The van der Waals surface area contributed by atoms with Crippen molar-refractivity contribution >= 4 is 70.2 Å². The first-order valence-electron chi connectivity index (χ1n) is 31.8. The number of pyridine rings is 3. The maximum atomic E-state index is 16.0. The molecule has 15 rings (SSSR count). The summed E-state index contributed by atoms with van der Waals surface area (Å²) in [6, 6.07) is 18.1. The van der Waals surface area contributed by atoms with Gasteiger partial charge < -0.3 is 14.7 Å². The second-order valence-electron chi connectivity index (χ2n) is 27.4. The molecular formula is C63H71F7N16O6. The Bertz CT molecular complexity index is 3880. The van der Waals surface area contributed by atoms with Crippen molar-refractivity contribution in [3.05, 3.63) is 71.7 Å². The molecule has 6 amide bonds. The fourth-order valence-electron chi connectivity index (χ4n) is 14.4. The number of carbonyl (C=O) groups excluding carboxylic acids is 6. The zero-order chi connectivity index (χ0) is 64.5. The van der Waals surface area contributed by atoms with Gasteiger partial charge in [-0.3, -0.25) is 44.7 Å². The number of fused-ring (bicyclic) bond motifs is 3. The molecule has 9 fully saturated rings. The average molecular weight is 1280 g/mol. The predicted molar refractivity (Wildman–Crippen MR) is 315 cm³/mol. The maximum Gasteiger partial charge on any atom is 0.397 e. The molecule has 6 aliphatic carbocycles. The van der Waals surface area contributed by atoms with Crippen LogP contribution in [0.15, 0.2) is 54.6 Å². The number of hydrogen-bond acceptors (Lipinski definition) is 13. The van der Waals surface area contributed by atoms with Crippen molar-refractivity contribution in [2.24, 2.45) is 34.0 Å². The summed E-state index contributed by atoms with van der Waals surface area (Å²) in [6.07, 6.45) is 3.11. The van der Waals surface area contributed by atoms with Crippen molar-refractivity contribution in [3.63, 3.8) is 0 Å². The van der Waals surface area contributed by atoms with E-state index in [9.17, 15) is 50.7 Å². The van der Waals surface area contributed by atoms with Gasteiger partial charge in [-0.2, -0.15) is 33.4 Å². The van der Waals surface area contributed by atoms with E-state index < -0.39 is 48.6 Å². The summed E-state index contributed by atoms with van der Waals surface area (Å²) in [5.74, 6) is -0.511. The summed E-state index contributed by atoms with van der Waals surface area (Å²) < 4.78 is 99.0. The van der Waals surface area contributed by atoms with Crippen LogP contribution in [0.2, 0.25) is 0 Å². The van der Waals surface area contributed by atoms with Gasteiger partial charge in [-0.25, -0.2) is 31.1 Å². The summed E-state index contributed by atoms with van der Waals surface area (Å²) in [6.45, 7) is 2.88. The highest BCUT2D eigenvalue weighted by Crippen LogP contribution is 2.54. The van der Waals surface area contributed by atoms with Crippen LogP contribution in [0.4, 0.5) is 48.6 Å². The van der Waals surface area contributed by atoms with Gasteiger partial charge in [-0.1, -0.05) is 18.2 Å². The van der Waals surface area contributed by atoms with Gasteiger partial charge in [0.15, 0.2) is 28.3 Å². The molecule has 3 N–H and O–H groups in total. The highest BCUT2D eigenvalue weighted by molar-refractivity contribution is 5.94. The van der Waals surface area contributed by atoms with Crippen molar-refractivity contribution in [2.75, 3.05) is 55.2 Å². The van der Waals surface area contributed by atoms with Crippen molar-refractivity contribution < 1.29 is 59.5 Å². The second kappa shape index (κ2) is 24.0. The molecule has 3 saturated heterocycles. The van der Waals surface area contributed by atoms with E-state index in [4.69, 9.17) is 5.26 Å². The number of nitrogens with one attached hydrogen (secondary N) is 3. The van der Waals surface area contributed by atoms with Gasteiger partial charge in [0.2, 0.25) is 59.7 Å². The molecule has 6 aromatic rings. The maximum absolute atomic E-state index is 16.0. The van der Waals surface area contributed by atoms with Gasteiger partial charge in [0.05, 0.1) is 23.9 Å². The van der Waals surface area contributed by atoms with Crippen LogP contribution in [0.3, 0.4) is 0 Å². The van der Waals surface area contributed by atoms with Gasteiger partial charge in [0.1, 0.15) is 12.8 Å². The van der Waals surface area contributed by atoms with Gasteiger partial charge in [0.25, 0.3) is 0 Å². The summed E-state index contributed by atoms with van der Waals surface area (Å²) in [5.41, 5.74) is -0.0508. The number of aromatic nitrogens is 9. The molecule has 488 valence electrons. The zero-order valence-corrected chi connectivity index (χ0v) is 50.6. The lowest BCUT2D eigenvalue weighted by atomic mass is 9.64. The smallest absolute Gasteiger partial charge is 0.341 e. The summed E-state index contributed by atoms with van der Waals surface area (Å²) in [5, 5.41) is 30.1. The topological polar surface area (TPSA) is 263 Å². The molecule has 0 radical (unpaired) electrons. The molecule has 6 aromatic heterocycles. The first-order valence-corrected chi connectivity index (χ1v) is 31.8. The lowest BCUT2D eigenvalue weighted by Gasteiger charge is -2.54. The molecule has 92 heavy (non-hydrogen) atoms. The minimum atomic E-state index is -4.52. The molecule has 9 heterocycles. The highest BCUT2D eigenvalue weighted by Gasteiger charge is 2.55. The normalized spacial score (nSPS) is 23.8. The highest BCUT2D eigenvalue weighted by atomic mass is 19.4. The number of anilines is 3. The molecule has 3 spiro atoms. The molecular weight excluding hydrogens is 1210 g/mol. The Balaban J connectivity index is 0.000000126. The van der Waals surface area contributed by atoms with E-state index in [1.807, 2.05) is 27.6 Å². The van der Waals surface area contributed by atoms with Gasteiger partial charge in [0, 0.05) is 84.9 Å². The van der Waals surface area contributed by atoms with Crippen LogP contribution in [0, 0.1) is 45.3 Å². The third-order valence-corrected chi connectivity index (χ3v) is 20.4. The van der Waals surface area contributed by atoms with Crippen LogP contribution in [0.25, 0.3) is 16.9 Å². The molecule has 3 aliphatic heterocycles. The van der Waals surface area contributed by atoms with E-state index in [1.54, 1.807) is 36.4 Å². The van der Waals surface area contributed by atoms with Crippen molar-refractivity contribution in [1.82, 2.24) is 58.5 Å². The number of nitriles is 1. The SMILES string of the molecule is N#CCC(=O)N1CC2(CCC(c3cccc4nc(NC(=O)C5CC5)nn34)CC2)C1.O=C(Nc1nc2cccc(C3(F)CCC4(CC3)CN(C(=O)CC(F)(F)F)C4)n2n1)C1CC1.O=C(Nc1nc2cccc(C3(F)CCC4(CC3)CN(C(=O)CC(F)F)C4)n2n1)C1CC1. The number of likely N-dealkylation sites (tertiary alicyclic amines) is 3. The molecule has 0 atom stereocenters. The fourth-order valence-corrected chi connectivity index (χ4v) is 14.4. The Morgan fingerprint density at radius 1 is 0.511 bits per heavy atom. The van der Waals surface area contributed by atoms with Crippen molar-refractivity contribution in [1.29, 1.82) is 5.26 Å². The lowest BCUT2D eigenvalue weighted by molar-refractivity contribution is -0.173. The largest absolute Gasteiger partial charge is 0.397 e. The Hall–Kier alpha value is -8.32. The summed E-state index contributed by atoms with van der Waals surface area (Å²) in [4.78, 5) is 89.0. The number of hydrogen-bond donors (Lipinski definition) is 3. The summed E-state index contributed by atoms with van der Waals surface area (Å²) >= 11 is 0. The Morgan fingerprint density at radius 3 is 1.27 bits per heavy atom. The zero-order valence-electron chi connectivity index (χ0n) is 50.6. The molecule has 9 aliphatic rings. The number of rotatable bonds is 13. The first-order chi connectivity index (χ1) is 43.9. The Morgan fingerprint density at radius 2 is 0.880 bits per heavy atom. The van der Waals surface area contributed by atoms with E-state index in [2.05, 4.69) is 52.3 Å². The summed E-state index contributed by atoms with van der Waals surface area (Å²) in [7, 11) is 0. The van der Waals surface area contributed by atoms with E-state index >= 15 is 8.78 Å². The van der Waals surface area contributed by atoms with Gasteiger partial charge >= 0.3 is 6.18 Å². The molecule has 6 saturated carbocycles. The van der Waals surface area contributed by atoms with Gasteiger partial charge in [-0.05, 0) is 152 Å². The minimum absolute atomic E-state index is 0.00631. The monoisotopic (exact) mass is 1280 g/mol. The van der Waals surface area contributed by atoms with Crippen LogP contribution in [0.1, 0.15) is 158 Å². The van der Waals surface area contributed by atoms with Crippen LogP contribution in [-0.2, 0) is 40.1 Å². The fraction of sp³-hybridized carbons (Fsp3) is 0.603. The van der Waals surface area contributed by atoms with Gasteiger partial charge in [-0.15, -0.1) is 15.3 Å². The van der Waals surface area contributed by atoms with Crippen molar-refractivity contribution in [3.8, 4) is 6.07 Å². The number of halogens is 7. The predicted octanol–water partition coefficient (Wildman–Crippen LogP) is 9.38. The third-order valence-electron chi connectivity index (χ3n) is 20.4. The third kappa shape index (κ3) is 13.2. The Kier molecular flexibility index (Phi) is 16.3. The number of alkyl halides is 7. The number of nitrogens with zero attached hydrogens (tertiary/aromatic N) is 13. The molecule has 0 unspecified atom stereocenters. The van der Waals surface area contributed by atoms with Crippen LogP contribution < -0.4 is 16.0 Å². The second-order valence-corrected chi connectivity index (χ2v) is 27.4. The molecule has 0 aromatic carbocycles. The Labute approximate surface area is 523 Å². The molecule has 0 bridgehead atoms. The van der Waals surface area contributed by atoms with Crippen molar-refractivity contribution in [2.45, 2.75) is 165 Å².